The molecule has 1 aliphatic rings. The van der Waals surface area contributed by atoms with Crippen molar-refractivity contribution in [1.82, 2.24) is 15.5 Å². The van der Waals surface area contributed by atoms with Gasteiger partial charge in [-0.1, -0.05) is 65.3 Å². The fourth-order valence-electron chi connectivity index (χ4n) is 3.40. The maximum atomic E-state index is 13.1. The molecule has 7 heteroatoms. The van der Waals surface area contributed by atoms with Gasteiger partial charge in [-0.15, -0.1) is 0 Å². The van der Waals surface area contributed by atoms with Crippen LogP contribution >= 0.6 is 15.9 Å². The molecule has 3 rings (SSSR count). The molecule has 2 aromatic rings. The highest BCUT2D eigenvalue weighted by atomic mass is 79.9. The van der Waals surface area contributed by atoms with E-state index in [1.807, 2.05) is 56.3 Å². The number of amides is 4. The molecule has 1 fully saturated rings. The largest absolute Gasteiger partial charge is 0.348 e. The molecule has 2 aromatic carbocycles. The van der Waals surface area contributed by atoms with Crippen molar-refractivity contribution in [3.05, 3.63) is 70.2 Å². The molecule has 0 bridgehead atoms. The summed E-state index contributed by atoms with van der Waals surface area (Å²) in [5, 5.41) is 5.62. The van der Waals surface area contributed by atoms with Gasteiger partial charge in [-0.2, -0.15) is 0 Å². The predicted octanol–water partition coefficient (Wildman–Crippen LogP) is 3.48. The zero-order valence-corrected chi connectivity index (χ0v) is 17.3. The summed E-state index contributed by atoms with van der Waals surface area (Å²) in [5.41, 5.74) is 0.513. The monoisotopic (exact) mass is 443 g/mol. The third-order valence-electron chi connectivity index (χ3n) is 5.02. The summed E-state index contributed by atoms with van der Waals surface area (Å²) in [6.07, 6.45) is 0.398. The Morgan fingerprint density at radius 1 is 1.14 bits per heavy atom. The van der Waals surface area contributed by atoms with Gasteiger partial charge in [0.2, 0.25) is 5.91 Å². The van der Waals surface area contributed by atoms with Crippen LogP contribution in [-0.4, -0.2) is 29.3 Å². The van der Waals surface area contributed by atoms with E-state index in [4.69, 9.17) is 0 Å². The Labute approximate surface area is 172 Å². The Bertz CT molecular complexity index is 886. The summed E-state index contributed by atoms with van der Waals surface area (Å²) in [5.74, 6) is -0.795. The number of carbonyl (C=O) groups excluding carboxylic acids is 3. The van der Waals surface area contributed by atoms with E-state index in [1.54, 1.807) is 12.1 Å². The van der Waals surface area contributed by atoms with Crippen LogP contribution in [0, 0.1) is 0 Å². The van der Waals surface area contributed by atoms with Crippen LogP contribution in [0.4, 0.5) is 4.79 Å². The Morgan fingerprint density at radius 3 is 2.39 bits per heavy atom. The van der Waals surface area contributed by atoms with E-state index >= 15 is 0 Å². The van der Waals surface area contributed by atoms with E-state index in [9.17, 15) is 14.4 Å². The van der Waals surface area contributed by atoms with Crippen LogP contribution in [-0.2, 0) is 15.1 Å². The highest BCUT2D eigenvalue weighted by molar-refractivity contribution is 9.10. The Hall–Kier alpha value is -2.67. The van der Waals surface area contributed by atoms with Gasteiger partial charge < -0.3 is 10.6 Å². The maximum absolute atomic E-state index is 13.1. The predicted molar refractivity (Wildman–Crippen MR) is 109 cm³/mol. The molecule has 1 heterocycles. The topological polar surface area (TPSA) is 78.5 Å². The van der Waals surface area contributed by atoms with E-state index in [2.05, 4.69) is 26.6 Å². The smallest absolute Gasteiger partial charge is 0.325 e. The first-order valence-corrected chi connectivity index (χ1v) is 9.91. The van der Waals surface area contributed by atoms with Crippen LogP contribution in [0.1, 0.15) is 37.4 Å². The highest BCUT2D eigenvalue weighted by Crippen LogP contribution is 2.32. The molecular formula is C21H22BrN3O3. The number of carbonyl (C=O) groups is 3. The summed E-state index contributed by atoms with van der Waals surface area (Å²) < 4.78 is 0.950. The van der Waals surface area contributed by atoms with Gasteiger partial charge in [0, 0.05) is 4.47 Å². The second-order valence-corrected chi connectivity index (χ2v) is 7.70. The lowest BCUT2D eigenvalue weighted by Gasteiger charge is -2.25. The molecule has 0 radical (unpaired) electrons. The normalized spacial score (nSPS) is 20.0. The van der Waals surface area contributed by atoms with Crippen LogP contribution in [0.3, 0.4) is 0 Å². The van der Waals surface area contributed by atoms with E-state index in [0.29, 0.717) is 12.0 Å². The van der Waals surface area contributed by atoms with Gasteiger partial charge in [-0.3, -0.25) is 14.5 Å². The van der Waals surface area contributed by atoms with Gasteiger partial charge in [0.25, 0.3) is 5.91 Å². The van der Waals surface area contributed by atoms with E-state index in [-0.39, 0.29) is 18.5 Å². The van der Waals surface area contributed by atoms with Gasteiger partial charge in [0.1, 0.15) is 12.1 Å². The molecule has 146 valence electrons. The summed E-state index contributed by atoms with van der Waals surface area (Å²) >= 11 is 3.38. The first-order chi connectivity index (χ1) is 13.4. The third kappa shape index (κ3) is 3.80. The Morgan fingerprint density at radius 2 is 1.79 bits per heavy atom. The summed E-state index contributed by atoms with van der Waals surface area (Å²) in [4.78, 5) is 39.0. The maximum Gasteiger partial charge on any atom is 0.325 e. The summed E-state index contributed by atoms with van der Waals surface area (Å²) in [6, 6.07) is 15.9. The van der Waals surface area contributed by atoms with Crippen molar-refractivity contribution >= 4 is 33.8 Å². The number of rotatable bonds is 6. The van der Waals surface area contributed by atoms with Crippen molar-refractivity contribution < 1.29 is 14.4 Å². The fourth-order valence-corrected chi connectivity index (χ4v) is 3.66. The Kier molecular flexibility index (Phi) is 5.84. The van der Waals surface area contributed by atoms with Crippen molar-refractivity contribution in [3.63, 3.8) is 0 Å². The minimum atomic E-state index is -1.13. The molecule has 0 spiro atoms. The van der Waals surface area contributed by atoms with Crippen LogP contribution in [0.25, 0.3) is 0 Å². The van der Waals surface area contributed by atoms with Gasteiger partial charge in [-0.25, -0.2) is 4.79 Å². The standard InChI is InChI=1S/C21H22BrN3O3/c1-3-21(16-7-5-4-6-8-16)19(27)25(20(28)24-21)13-18(26)23-14(2)15-9-11-17(22)12-10-15/h4-12,14H,3,13H2,1-2H3,(H,23,26)(H,24,28). The molecular weight excluding hydrogens is 422 g/mol. The summed E-state index contributed by atoms with van der Waals surface area (Å²) in [7, 11) is 0. The summed E-state index contributed by atoms with van der Waals surface area (Å²) in [6.45, 7) is 3.37. The first-order valence-electron chi connectivity index (χ1n) is 9.12. The van der Waals surface area contributed by atoms with E-state index < -0.39 is 17.5 Å². The molecule has 2 N–H and O–H groups in total. The number of benzene rings is 2. The molecule has 0 saturated carbocycles. The van der Waals surface area contributed by atoms with Crippen LogP contribution in [0.2, 0.25) is 0 Å². The number of urea groups is 1. The number of imide groups is 1. The number of halogens is 1. The quantitative estimate of drug-likeness (QED) is 0.670. The number of nitrogens with one attached hydrogen (secondary N) is 2. The van der Waals surface area contributed by atoms with Crippen molar-refractivity contribution in [2.24, 2.45) is 0 Å². The minimum absolute atomic E-state index is 0.244. The van der Waals surface area contributed by atoms with Crippen LogP contribution < -0.4 is 10.6 Å². The lowest BCUT2D eigenvalue weighted by atomic mass is 9.87. The number of hydrogen-bond donors (Lipinski definition) is 2. The zero-order valence-electron chi connectivity index (χ0n) is 15.7. The Balaban J connectivity index is 1.72. The lowest BCUT2D eigenvalue weighted by molar-refractivity contribution is -0.135. The molecule has 0 aromatic heterocycles. The zero-order chi connectivity index (χ0) is 20.3. The van der Waals surface area contributed by atoms with Crippen molar-refractivity contribution in [1.29, 1.82) is 0 Å². The molecule has 2 unspecified atom stereocenters. The average Bonchev–Trinajstić information content (AvgIpc) is 2.94. The molecule has 1 aliphatic heterocycles. The van der Waals surface area contributed by atoms with Gasteiger partial charge in [-0.05, 0) is 36.6 Å². The van der Waals surface area contributed by atoms with E-state index in [1.165, 1.54) is 0 Å². The van der Waals surface area contributed by atoms with Crippen LogP contribution in [0.5, 0.6) is 0 Å². The molecule has 2 atom stereocenters. The number of hydrogen-bond acceptors (Lipinski definition) is 3. The molecule has 4 amide bonds. The average molecular weight is 444 g/mol. The second-order valence-electron chi connectivity index (χ2n) is 6.79. The molecule has 1 saturated heterocycles. The molecule has 6 nitrogen and oxygen atoms in total. The molecule has 0 aliphatic carbocycles. The van der Waals surface area contributed by atoms with Gasteiger partial charge in [0.15, 0.2) is 0 Å². The van der Waals surface area contributed by atoms with Crippen molar-refractivity contribution in [2.75, 3.05) is 6.54 Å². The van der Waals surface area contributed by atoms with Gasteiger partial charge >= 0.3 is 6.03 Å². The lowest BCUT2D eigenvalue weighted by Crippen LogP contribution is -2.45. The van der Waals surface area contributed by atoms with Crippen molar-refractivity contribution in [3.8, 4) is 0 Å². The van der Waals surface area contributed by atoms with E-state index in [0.717, 1.165) is 14.9 Å². The van der Waals surface area contributed by atoms with Gasteiger partial charge in [0.05, 0.1) is 6.04 Å². The fraction of sp³-hybridized carbons (Fsp3) is 0.286. The third-order valence-corrected chi connectivity index (χ3v) is 5.55. The van der Waals surface area contributed by atoms with Crippen LogP contribution in [0.15, 0.2) is 59.1 Å². The second kappa shape index (κ2) is 8.14. The SMILES string of the molecule is CCC1(c2ccccc2)NC(=O)N(CC(=O)NC(C)c2ccc(Br)cc2)C1=O. The molecule has 28 heavy (non-hydrogen) atoms. The van der Waals surface area contributed by atoms with Crippen molar-refractivity contribution in [2.45, 2.75) is 31.8 Å². The highest BCUT2D eigenvalue weighted by Gasteiger charge is 2.51. The number of nitrogens with zero attached hydrogens (tertiary/aromatic N) is 1. The minimum Gasteiger partial charge on any atom is -0.348 e. The first kappa shape index (κ1) is 20.1.